The molecule has 0 atom stereocenters. The van der Waals surface area contributed by atoms with Crippen molar-refractivity contribution < 1.29 is 4.92 Å². The molecule has 0 fully saturated rings. The number of allylic oxidation sites excluding steroid dienone is 3. The van der Waals surface area contributed by atoms with Crippen LogP contribution >= 0.6 is 0 Å². The monoisotopic (exact) mass is 169 g/mol. The summed E-state index contributed by atoms with van der Waals surface area (Å²) in [5.41, 5.74) is 0.475. The van der Waals surface area contributed by atoms with Gasteiger partial charge in [-0.1, -0.05) is 6.08 Å². The number of nitro groups is 1. The first-order chi connectivity index (χ1) is 5.61. The second kappa shape index (κ2) is 3.36. The lowest BCUT2D eigenvalue weighted by Gasteiger charge is -2.27. The van der Waals surface area contributed by atoms with Crippen LogP contribution in [0.3, 0.4) is 0 Å². The molecule has 0 N–H and O–H groups in total. The van der Waals surface area contributed by atoms with Crippen molar-refractivity contribution in [1.29, 1.82) is 0 Å². The summed E-state index contributed by atoms with van der Waals surface area (Å²) in [7, 11) is 1.32. The largest absolute Gasteiger partial charge is 0.758 e. The molecule has 12 heavy (non-hydrogen) atoms. The van der Waals surface area contributed by atoms with Gasteiger partial charge >= 0.3 is 0 Å². The highest BCUT2D eigenvalue weighted by molar-refractivity contribution is 5.23. The molecule has 0 spiro atoms. The van der Waals surface area contributed by atoms with Crippen molar-refractivity contribution in [2.24, 2.45) is 0 Å². The Hall–Kier alpha value is -1.36. The quantitative estimate of drug-likeness (QED) is 0.460. The van der Waals surface area contributed by atoms with Gasteiger partial charge in [-0.05, 0) is 13.5 Å². The van der Waals surface area contributed by atoms with Crippen molar-refractivity contribution in [2.45, 2.75) is 12.8 Å². The molecule has 5 heteroatoms. The van der Waals surface area contributed by atoms with E-state index in [0.29, 0.717) is 23.6 Å². The Morgan fingerprint density at radius 3 is 2.83 bits per heavy atom. The lowest BCUT2D eigenvalue weighted by atomic mass is 10.1. The number of hydrogen-bond donors (Lipinski definition) is 0. The SMILES string of the molecule is CN([O-])C1=CCCC([N+](=O)[O-])=C1. The maximum absolute atomic E-state index is 10.7. The zero-order chi connectivity index (χ0) is 9.14. The molecule has 0 unspecified atom stereocenters. The standard InChI is InChI=1S/C7H9N2O3/c1-8(10)6-3-2-4-7(5-6)9(11)12/h3,5H,2,4H2,1H3/q-1. The Bertz CT molecular complexity index is 255. The third-order valence-corrected chi connectivity index (χ3v) is 1.67. The first-order valence-electron chi connectivity index (χ1n) is 3.57. The van der Waals surface area contributed by atoms with Crippen LogP contribution in [0.2, 0.25) is 0 Å². The molecule has 1 aliphatic rings. The summed E-state index contributed by atoms with van der Waals surface area (Å²) in [6.07, 6.45) is 3.98. The first kappa shape index (κ1) is 8.73. The highest BCUT2D eigenvalue weighted by Crippen LogP contribution is 2.18. The fourth-order valence-corrected chi connectivity index (χ4v) is 1.03. The van der Waals surface area contributed by atoms with Gasteiger partial charge in [-0.2, -0.15) is 0 Å². The van der Waals surface area contributed by atoms with Gasteiger partial charge in [0.2, 0.25) is 5.70 Å². The minimum Gasteiger partial charge on any atom is -0.758 e. The van der Waals surface area contributed by atoms with Crippen LogP contribution in [0, 0.1) is 15.3 Å². The van der Waals surface area contributed by atoms with Crippen LogP contribution in [0.4, 0.5) is 0 Å². The van der Waals surface area contributed by atoms with Crippen molar-refractivity contribution in [3.63, 3.8) is 0 Å². The maximum atomic E-state index is 10.7. The molecule has 0 bridgehead atoms. The van der Waals surface area contributed by atoms with Gasteiger partial charge in [-0.3, -0.25) is 10.1 Å². The van der Waals surface area contributed by atoms with E-state index in [0.717, 1.165) is 0 Å². The first-order valence-corrected chi connectivity index (χ1v) is 3.57. The summed E-state index contributed by atoms with van der Waals surface area (Å²) in [5, 5.41) is 21.7. The summed E-state index contributed by atoms with van der Waals surface area (Å²) < 4.78 is 0. The lowest BCUT2D eigenvalue weighted by molar-refractivity contribution is -0.428. The Balaban J connectivity index is 2.81. The van der Waals surface area contributed by atoms with E-state index >= 15 is 0 Å². The fourth-order valence-electron chi connectivity index (χ4n) is 1.03. The van der Waals surface area contributed by atoms with Crippen LogP contribution in [0.5, 0.6) is 0 Å². The molecule has 1 aliphatic carbocycles. The van der Waals surface area contributed by atoms with Gasteiger partial charge in [0.05, 0.1) is 4.92 Å². The second-order valence-corrected chi connectivity index (χ2v) is 2.56. The van der Waals surface area contributed by atoms with Crippen LogP contribution in [0.15, 0.2) is 23.5 Å². The molecule has 0 aromatic carbocycles. The van der Waals surface area contributed by atoms with Gasteiger partial charge in [-0.25, -0.2) is 0 Å². The molecule has 5 nitrogen and oxygen atoms in total. The van der Waals surface area contributed by atoms with Crippen molar-refractivity contribution in [3.8, 4) is 0 Å². The molecule has 66 valence electrons. The van der Waals surface area contributed by atoms with Gasteiger partial charge in [0.25, 0.3) is 0 Å². The molecular weight excluding hydrogens is 160 g/mol. The Morgan fingerprint density at radius 2 is 2.33 bits per heavy atom. The number of hydrogen-bond acceptors (Lipinski definition) is 4. The van der Waals surface area contributed by atoms with Gasteiger partial charge in [0, 0.05) is 18.2 Å². The van der Waals surface area contributed by atoms with E-state index in [2.05, 4.69) is 0 Å². The minimum atomic E-state index is -0.448. The zero-order valence-corrected chi connectivity index (χ0v) is 6.69. The van der Waals surface area contributed by atoms with Gasteiger partial charge < -0.3 is 10.3 Å². The summed E-state index contributed by atoms with van der Waals surface area (Å²) >= 11 is 0. The smallest absolute Gasteiger partial charge is 0.248 e. The van der Waals surface area contributed by atoms with Gasteiger partial charge in [-0.15, -0.1) is 0 Å². The molecular formula is C7H9N2O3-. The van der Waals surface area contributed by atoms with E-state index in [4.69, 9.17) is 0 Å². The van der Waals surface area contributed by atoms with Crippen LogP contribution in [-0.2, 0) is 0 Å². The molecule has 0 saturated heterocycles. The molecule has 0 aliphatic heterocycles. The molecule has 0 saturated carbocycles. The van der Waals surface area contributed by atoms with E-state index < -0.39 is 4.92 Å². The van der Waals surface area contributed by atoms with Crippen molar-refractivity contribution in [1.82, 2.24) is 5.06 Å². The van der Waals surface area contributed by atoms with Gasteiger partial charge in [0.15, 0.2) is 0 Å². The minimum absolute atomic E-state index is 0.107. The third-order valence-electron chi connectivity index (χ3n) is 1.67. The van der Waals surface area contributed by atoms with Crippen LogP contribution in [0.25, 0.3) is 0 Å². The molecule has 1 rings (SSSR count). The second-order valence-electron chi connectivity index (χ2n) is 2.56. The maximum Gasteiger partial charge on any atom is 0.248 e. The lowest BCUT2D eigenvalue weighted by Crippen LogP contribution is -2.12. The predicted octanol–water partition coefficient (Wildman–Crippen LogP) is 1.25. The summed E-state index contributed by atoms with van der Waals surface area (Å²) in [6, 6.07) is 0. The molecule has 0 aromatic rings. The van der Waals surface area contributed by atoms with Crippen molar-refractivity contribution in [2.75, 3.05) is 7.05 Å². The highest BCUT2D eigenvalue weighted by Gasteiger charge is 2.14. The Kier molecular flexibility index (Phi) is 2.44. The van der Waals surface area contributed by atoms with E-state index in [1.54, 1.807) is 6.08 Å². The summed E-state index contributed by atoms with van der Waals surface area (Å²) in [4.78, 5) is 9.86. The third kappa shape index (κ3) is 1.82. The Labute approximate surface area is 69.7 Å². The summed E-state index contributed by atoms with van der Waals surface area (Å²) in [5.74, 6) is 0. The van der Waals surface area contributed by atoms with Gasteiger partial charge in [0.1, 0.15) is 0 Å². The zero-order valence-electron chi connectivity index (χ0n) is 6.69. The molecule has 0 radical (unpaired) electrons. The number of rotatable bonds is 2. The Morgan fingerprint density at radius 1 is 1.67 bits per heavy atom. The topological polar surface area (TPSA) is 69.4 Å². The predicted molar refractivity (Wildman–Crippen MR) is 43.5 cm³/mol. The highest BCUT2D eigenvalue weighted by atomic mass is 16.6. The average Bonchev–Trinajstić information content (AvgIpc) is 2.04. The normalized spacial score (nSPS) is 16.5. The van der Waals surface area contributed by atoms with Crippen molar-refractivity contribution >= 4 is 0 Å². The van der Waals surface area contributed by atoms with Crippen LogP contribution in [-0.4, -0.2) is 17.0 Å². The molecule has 0 heterocycles. The van der Waals surface area contributed by atoms with Crippen LogP contribution in [0.1, 0.15) is 12.8 Å². The van der Waals surface area contributed by atoms with Crippen molar-refractivity contribution in [3.05, 3.63) is 38.9 Å². The van der Waals surface area contributed by atoms with E-state index in [9.17, 15) is 15.3 Å². The molecule has 0 amide bonds. The number of likely N-dealkylation sites (N-methyl/N-ethyl adjacent to an activating group) is 1. The van der Waals surface area contributed by atoms with E-state index in [-0.39, 0.29) is 5.70 Å². The number of hydroxylamine groups is 2. The number of nitrogens with zero attached hydrogens (tertiary/aromatic N) is 2. The van der Waals surface area contributed by atoms with Crippen LogP contribution < -0.4 is 0 Å². The fraction of sp³-hybridized carbons (Fsp3) is 0.429. The van der Waals surface area contributed by atoms with E-state index in [1.807, 2.05) is 0 Å². The molecule has 0 aromatic heterocycles. The average molecular weight is 169 g/mol. The summed E-state index contributed by atoms with van der Waals surface area (Å²) in [6.45, 7) is 0. The van der Waals surface area contributed by atoms with E-state index in [1.165, 1.54) is 13.1 Å².